The van der Waals surface area contributed by atoms with Gasteiger partial charge < -0.3 is 14.4 Å². The van der Waals surface area contributed by atoms with Crippen LogP contribution in [-0.2, 0) is 6.61 Å². The van der Waals surface area contributed by atoms with Gasteiger partial charge in [0.15, 0.2) is 24.0 Å². The van der Waals surface area contributed by atoms with Crippen LogP contribution in [0.3, 0.4) is 0 Å². The lowest BCUT2D eigenvalue weighted by Crippen LogP contribution is -2.00. The lowest BCUT2D eigenvalue weighted by molar-refractivity contribution is 0.198. The molecule has 0 unspecified atom stereocenters. The Balaban J connectivity index is 2.03. The van der Waals surface area contributed by atoms with Crippen molar-refractivity contribution in [2.45, 2.75) is 39.4 Å². The van der Waals surface area contributed by atoms with Gasteiger partial charge in [-0.25, -0.2) is 4.39 Å². The topological polar surface area (TPSA) is 68.4 Å². The number of nitrogens with zero attached hydrogens (tertiary/aromatic N) is 2. The molecule has 5 nitrogen and oxygen atoms in total. The standard InChI is InChI=1S/C14H17FN2O3/c1-8(2)14-16-13(20-17-14)7-19-12-5-4-10(9(3)18)6-11(12)15/h4-6,8-9,18H,7H2,1-3H3/t9-/m1/s1. The summed E-state index contributed by atoms with van der Waals surface area (Å²) >= 11 is 0. The normalized spacial score (nSPS) is 12.7. The molecule has 0 saturated heterocycles. The van der Waals surface area contributed by atoms with Gasteiger partial charge in [-0.05, 0) is 24.6 Å². The second-order valence-corrected chi connectivity index (χ2v) is 4.86. The first-order chi connectivity index (χ1) is 9.47. The van der Waals surface area contributed by atoms with Crippen molar-refractivity contribution in [3.05, 3.63) is 41.3 Å². The Bertz CT molecular complexity index is 582. The molecular formula is C14H17FN2O3. The summed E-state index contributed by atoms with van der Waals surface area (Å²) in [5.74, 6) is 0.599. The summed E-state index contributed by atoms with van der Waals surface area (Å²) in [5.41, 5.74) is 0.495. The molecule has 2 aromatic rings. The number of aliphatic hydroxyl groups excluding tert-OH is 1. The van der Waals surface area contributed by atoms with Crippen molar-refractivity contribution in [1.82, 2.24) is 10.1 Å². The van der Waals surface area contributed by atoms with Crippen molar-refractivity contribution in [2.75, 3.05) is 0 Å². The van der Waals surface area contributed by atoms with Crippen molar-refractivity contribution in [3.63, 3.8) is 0 Å². The van der Waals surface area contributed by atoms with Crippen LogP contribution in [0.5, 0.6) is 5.75 Å². The third-order valence-electron chi connectivity index (χ3n) is 2.79. The fraction of sp³-hybridized carbons (Fsp3) is 0.429. The molecule has 0 spiro atoms. The predicted molar refractivity (Wildman–Crippen MR) is 69.8 cm³/mol. The monoisotopic (exact) mass is 280 g/mol. The van der Waals surface area contributed by atoms with Gasteiger partial charge in [0, 0.05) is 5.92 Å². The molecule has 108 valence electrons. The molecule has 1 N–H and O–H groups in total. The van der Waals surface area contributed by atoms with Crippen LogP contribution in [0.2, 0.25) is 0 Å². The number of hydrogen-bond acceptors (Lipinski definition) is 5. The van der Waals surface area contributed by atoms with E-state index >= 15 is 0 Å². The minimum absolute atomic E-state index is 0.00463. The zero-order valence-corrected chi connectivity index (χ0v) is 11.6. The summed E-state index contributed by atoms with van der Waals surface area (Å²) in [7, 11) is 0. The van der Waals surface area contributed by atoms with E-state index in [1.165, 1.54) is 12.1 Å². The molecule has 1 atom stereocenters. The highest BCUT2D eigenvalue weighted by atomic mass is 19.1. The van der Waals surface area contributed by atoms with Crippen LogP contribution in [0.4, 0.5) is 4.39 Å². The smallest absolute Gasteiger partial charge is 0.264 e. The third kappa shape index (κ3) is 3.33. The fourth-order valence-electron chi connectivity index (χ4n) is 1.59. The van der Waals surface area contributed by atoms with Crippen molar-refractivity contribution in [1.29, 1.82) is 0 Å². The van der Waals surface area contributed by atoms with E-state index in [0.717, 1.165) is 0 Å². The Morgan fingerprint density at radius 3 is 2.65 bits per heavy atom. The molecule has 0 bridgehead atoms. The molecule has 0 aliphatic rings. The molecule has 0 fully saturated rings. The number of aliphatic hydroxyl groups is 1. The van der Waals surface area contributed by atoms with Crippen molar-refractivity contribution in [3.8, 4) is 5.75 Å². The van der Waals surface area contributed by atoms with E-state index in [4.69, 9.17) is 9.26 Å². The van der Waals surface area contributed by atoms with Crippen LogP contribution in [0.15, 0.2) is 22.7 Å². The lowest BCUT2D eigenvalue weighted by atomic mass is 10.1. The Hall–Kier alpha value is -1.95. The van der Waals surface area contributed by atoms with Crippen LogP contribution in [0.25, 0.3) is 0 Å². The molecule has 1 aromatic heterocycles. The second-order valence-electron chi connectivity index (χ2n) is 4.86. The van der Waals surface area contributed by atoms with Gasteiger partial charge in [-0.3, -0.25) is 0 Å². The first-order valence-electron chi connectivity index (χ1n) is 6.40. The summed E-state index contributed by atoms with van der Waals surface area (Å²) in [6, 6.07) is 4.32. The zero-order valence-electron chi connectivity index (χ0n) is 11.6. The highest BCUT2D eigenvalue weighted by Crippen LogP contribution is 2.22. The van der Waals surface area contributed by atoms with Gasteiger partial charge in [-0.15, -0.1) is 0 Å². The minimum Gasteiger partial charge on any atom is -0.481 e. The Morgan fingerprint density at radius 1 is 1.35 bits per heavy atom. The summed E-state index contributed by atoms with van der Waals surface area (Å²) < 4.78 is 24.0. The van der Waals surface area contributed by atoms with Gasteiger partial charge >= 0.3 is 0 Å². The first-order valence-corrected chi connectivity index (χ1v) is 6.40. The number of aromatic nitrogens is 2. The lowest BCUT2D eigenvalue weighted by Gasteiger charge is -2.08. The summed E-state index contributed by atoms with van der Waals surface area (Å²) in [6.07, 6.45) is -0.719. The van der Waals surface area contributed by atoms with Crippen molar-refractivity contribution < 1.29 is 18.8 Å². The summed E-state index contributed by atoms with van der Waals surface area (Å²) in [5, 5.41) is 13.2. The van der Waals surface area contributed by atoms with E-state index in [1.54, 1.807) is 13.0 Å². The molecule has 0 radical (unpaired) electrons. The first kappa shape index (κ1) is 14.5. The van der Waals surface area contributed by atoms with Gasteiger partial charge in [0.25, 0.3) is 5.89 Å². The van der Waals surface area contributed by atoms with Gasteiger partial charge in [-0.2, -0.15) is 4.98 Å². The minimum atomic E-state index is -0.719. The van der Waals surface area contributed by atoms with Crippen LogP contribution >= 0.6 is 0 Å². The molecule has 0 aliphatic carbocycles. The zero-order chi connectivity index (χ0) is 14.7. The SMILES string of the molecule is CC(C)c1noc(COc2ccc([C@@H](C)O)cc2F)n1. The average Bonchev–Trinajstić information content (AvgIpc) is 2.86. The molecule has 0 amide bonds. The van der Waals surface area contributed by atoms with Crippen LogP contribution in [0, 0.1) is 5.82 Å². The molecular weight excluding hydrogens is 263 g/mol. The number of rotatable bonds is 5. The largest absolute Gasteiger partial charge is 0.481 e. The van der Waals surface area contributed by atoms with Gasteiger partial charge in [0.2, 0.25) is 0 Å². The van der Waals surface area contributed by atoms with E-state index in [2.05, 4.69) is 10.1 Å². The maximum absolute atomic E-state index is 13.7. The molecule has 6 heteroatoms. The van der Waals surface area contributed by atoms with Crippen LogP contribution in [0.1, 0.15) is 50.1 Å². The highest BCUT2D eigenvalue weighted by Gasteiger charge is 2.12. The maximum Gasteiger partial charge on any atom is 0.264 e. The number of halogens is 1. The van der Waals surface area contributed by atoms with E-state index in [9.17, 15) is 9.50 Å². The summed E-state index contributed by atoms with van der Waals surface area (Å²) in [6.45, 7) is 5.47. The molecule has 0 saturated carbocycles. The van der Waals surface area contributed by atoms with E-state index in [-0.39, 0.29) is 18.3 Å². The Morgan fingerprint density at radius 2 is 2.10 bits per heavy atom. The Kier molecular flexibility index (Phi) is 4.34. The van der Waals surface area contributed by atoms with E-state index in [1.807, 2.05) is 13.8 Å². The van der Waals surface area contributed by atoms with Gasteiger partial charge in [0.05, 0.1) is 6.10 Å². The van der Waals surface area contributed by atoms with Crippen LogP contribution in [-0.4, -0.2) is 15.2 Å². The van der Waals surface area contributed by atoms with Gasteiger partial charge in [-0.1, -0.05) is 25.1 Å². The number of benzene rings is 1. The summed E-state index contributed by atoms with van der Waals surface area (Å²) in [4.78, 5) is 4.14. The van der Waals surface area contributed by atoms with Gasteiger partial charge in [0.1, 0.15) is 0 Å². The van der Waals surface area contributed by atoms with Crippen molar-refractivity contribution in [2.24, 2.45) is 0 Å². The molecule has 2 rings (SSSR count). The number of ether oxygens (including phenoxy) is 1. The molecule has 1 heterocycles. The quantitative estimate of drug-likeness (QED) is 0.912. The highest BCUT2D eigenvalue weighted by molar-refractivity contribution is 5.30. The second kappa shape index (κ2) is 6.00. The molecule has 0 aliphatic heterocycles. The maximum atomic E-state index is 13.7. The van der Waals surface area contributed by atoms with Crippen LogP contribution < -0.4 is 4.74 Å². The molecule has 1 aromatic carbocycles. The molecule has 20 heavy (non-hydrogen) atoms. The predicted octanol–water partition coefficient (Wildman–Crippen LogP) is 2.96. The number of hydrogen-bond donors (Lipinski definition) is 1. The fourth-order valence-corrected chi connectivity index (χ4v) is 1.59. The average molecular weight is 280 g/mol. The van der Waals surface area contributed by atoms with Crippen molar-refractivity contribution >= 4 is 0 Å². The van der Waals surface area contributed by atoms with E-state index in [0.29, 0.717) is 17.3 Å². The van der Waals surface area contributed by atoms with E-state index < -0.39 is 11.9 Å². The Labute approximate surface area is 116 Å². The third-order valence-corrected chi connectivity index (χ3v) is 2.79.